The van der Waals surface area contributed by atoms with Crippen molar-refractivity contribution < 1.29 is 28.5 Å². The molecule has 0 aliphatic heterocycles. The number of fused-ring (bicyclic) bond motifs is 3. The SMILES string of the molecule is CCCOCCOCCOCCOCCN(C)C(=O)OCC1c2ccccc2-c2ccccc21. The monoisotopic (exact) mass is 471 g/mol. The molecule has 0 bridgehead atoms. The average molecular weight is 472 g/mol. The molecule has 2 aromatic rings. The van der Waals surface area contributed by atoms with Crippen LogP contribution in [0.2, 0.25) is 0 Å². The van der Waals surface area contributed by atoms with Crippen molar-refractivity contribution >= 4 is 6.09 Å². The Labute approximate surface area is 202 Å². The fourth-order valence-corrected chi connectivity index (χ4v) is 3.90. The lowest BCUT2D eigenvalue weighted by atomic mass is 9.98. The third-order valence-corrected chi connectivity index (χ3v) is 5.68. The second-order valence-electron chi connectivity index (χ2n) is 8.18. The topological polar surface area (TPSA) is 66.5 Å². The number of ether oxygens (including phenoxy) is 5. The van der Waals surface area contributed by atoms with E-state index in [1.54, 1.807) is 11.9 Å². The highest BCUT2D eigenvalue weighted by atomic mass is 16.6. The van der Waals surface area contributed by atoms with Gasteiger partial charge in [-0.2, -0.15) is 0 Å². The van der Waals surface area contributed by atoms with Crippen molar-refractivity contribution in [3.05, 3.63) is 59.7 Å². The first kappa shape index (κ1) is 26.2. The van der Waals surface area contributed by atoms with E-state index in [0.717, 1.165) is 13.0 Å². The molecule has 0 fully saturated rings. The summed E-state index contributed by atoms with van der Waals surface area (Å²) >= 11 is 0. The minimum Gasteiger partial charge on any atom is -0.448 e. The first-order valence-corrected chi connectivity index (χ1v) is 12.1. The summed E-state index contributed by atoms with van der Waals surface area (Å²) in [5, 5.41) is 0. The Hall–Kier alpha value is -2.45. The molecule has 0 atom stereocenters. The van der Waals surface area contributed by atoms with Crippen LogP contribution in [0.3, 0.4) is 0 Å². The maximum Gasteiger partial charge on any atom is 0.409 e. The van der Waals surface area contributed by atoms with Crippen molar-refractivity contribution in [1.82, 2.24) is 4.90 Å². The van der Waals surface area contributed by atoms with E-state index in [9.17, 15) is 4.79 Å². The summed E-state index contributed by atoms with van der Waals surface area (Å²) in [5.74, 6) is 0.0611. The van der Waals surface area contributed by atoms with Crippen molar-refractivity contribution in [2.45, 2.75) is 19.3 Å². The molecule has 0 saturated heterocycles. The molecule has 0 aromatic heterocycles. The lowest BCUT2D eigenvalue weighted by Gasteiger charge is -2.19. The van der Waals surface area contributed by atoms with E-state index >= 15 is 0 Å². The minimum absolute atomic E-state index is 0.0611. The fourth-order valence-electron chi connectivity index (χ4n) is 3.90. The molecule has 0 saturated carbocycles. The molecule has 1 aliphatic carbocycles. The third kappa shape index (κ3) is 7.81. The Morgan fingerprint density at radius 1 is 0.735 bits per heavy atom. The smallest absolute Gasteiger partial charge is 0.409 e. The van der Waals surface area contributed by atoms with Gasteiger partial charge in [-0.25, -0.2) is 4.79 Å². The first-order valence-electron chi connectivity index (χ1n) is 12.1. The molecule has 0 N–H and O–H groups in total. The van der Waals surface area contributed by atoms with Crippen LogP contribution >= 0.6 is 0 Å². The molecule has 1 amide bonds. The highest BCUT2D eigenvalue weighted by Gasteiger charge is 2.29. The number of carbonyl (C=O) groups excluding carboxylic acids is 1. The van der Waals surface area contributed by atoms with Crippen LogP contribution < -0.4 is 0 Å². The van der Waals surface area contributed by atoms with E-state index < -0.39 is 0 Å². The molecule has 1 aliphatic rings. The summed E-state index contributed by atoms with van der Waals surface area (Å²) in [6.45, 7) is 7.28. The van der Waals surface area contributed by atoms with Crippen molar-refractivity contribution in [3.63, 3.8) is 0 Å². The minimum atomic E-state index is -0.346. The Kier molecular flexibility index (Phi) is 11.3. The predicted molar refractivity (Wildman–Crippen MR) is 131 cm³/mol. The number of likely N-dealkylation sites (N-methyl/N-ethyl adjacent to an activating group) is 1. The van der Waals surface area contributed by atoms with Crippen LogP contribution in [0.1, 0.15) is 30.4 Å². The summed E-state index contributed by atoms with van der Waals surface area (Å²) in [6.07, 6.45) is 0.673. The van der Waals surface area contributed by atoms with Gasteiger partial charge in [0.1, 0.15) is 6.61 Å². The van der Waals surface area contributed by atoms with Crippen LogP contribution in [-0.4, -0.2) is 84.0 Å². The number of rotatable bonds is 16. The van der Waals surface area contributed by atoms with Gasteiger partial charge >= 0.3 is 6.09 Å². The zero-order valence-electron chi connectivity index (χ0n) is 20.4. The largest absolute Gasteiger partial charge is 0.448 e. The van der Waals surface area contributed by atoms with Gasteiger partial charge in [0.2, 0.25) is 0 Å². The quantitative estimate of drug-likeness (QED) is 0.339. The number of nitrogens with zero attached hydrogens (tertiary/aromatic N) is 1. The Balaban J connectivity index is 1.25. The highest BCUT2D eigenvalue weighted by Crippen LogP contribution is 2.44. The molecule has 0 unspecified atom stereocenters. The summed E-state index contributed by atoms with van der Waals surface area (Å²) in [7, 11) is 1.72. The van der Waals surface area contributed by atoms with Gasteiger partial charge in [-0.3, -0.25) is 0 Å². The van der Waals surface area contributed by atoms with E-state index in [1.807, 2.05) is 24.3 Å². The fraction of sp³-hybridized carbons (Fsp3) is 0.519. The second kappa shape index (κ2) is 14.7. The van der Waals surface area contributed by atoms with Crippen molar-refractivity contribution in [2.75, 3.05) is 73.1 Å². The summed E-state index contributed by atoms with van der Waals surface area (Å²) < 4.78 is 27.4. The zero-order valence-corrected chi connectivity index (χ0v) is 20.4. The standard InChI is InChI=1S/C27H37NO6/c1-3-13-30-15-17-32-19-20-33-18-16-31-14-12-28(2)27(29)34-21-26-24-10-6-4-8-22(24)23-9-5-7-11-25(23)26/h4-11,26H,3,12-21H2,1-2H3. The predicted octanol–water partition coefficient (Wildman–Crippen LogP) is 4.34. The van der Waals surface area contributed by atoms with Gasteiger partial charge in [0.15, 0.2) is 0 Å². The number of benzene rings is 2. The molecule has 0 radical (unpaired) electrons. The van der Waals surface area contributed by atoms with Crippen LogP contribution in [-0.2, 0) is 23.7 Å². The number of amides is 1. The van der Waals surface area contributed by atoms with Gasteiger partial charge in [-0.05, 0) is 28.7 Å². The summed E-state index contributed by atoms with van der Waals surface area (Å²) in [6, 6.07) is 16.6. The molecular weight excluding hydrogens is 434 g/mol. The molecular formula is C27H37NO6. The lowest BCUT2D eigenvalue weighted by Crippen LogP contribution is -2.32. The Bertz CT molecular complexity index is 828. The number of carbonyl (C=O) groups is 1. The van der Waals surface area contributed by atoms with Crippen LogP contribution in [0.25, 0.3) is 11.1 Å². The second-order valence-corrected chi connectivity index (χ2v) is 8.18. The lowest BCUT2D eigenvalue weighted by molar-refractivity contribution is -0.00337. The zero-order chi connectivity index (χ0) is 24.0. The molecule has 0 heterocycles. The molecule has 186 valence electrons. The summed E-state index contributed by atoms with van der Waals surface area (Å²) in [5.41, 5.74) is 4.85. The van der Waals surface area contributed by atoms with E-state index in [4.69, 9.17) is 23.7 Å². The van der Waals surface area contributed by atoms with E-state index in [-0.39, 0.29) is 12.0 Å². The number of hydrogen-bond donors (Lipinski definition) is 0. The van der Waals surface area contributed by atoms with Gasteiger partial charge in [-0.15, -0.1) is 0 Å². The molecule has 34 heavy (non-hydrogen) atoms. The van der Waals surface area contributed by atoms with Crippen LogP contribution in [0.4, 0.5) is 4.79 Å². The Morgan fingerprint density at radius 2 is 1.21 bits per heavy atom. The van der Waals surface area contributed by atoms with Crippen molar-refractivity contribution in [2.24, 2.45) is 0 Å². The van der Waals surface area contributed by atoms with Gasteiger partial charge in [0, 0.05) is 26.1 Å². The Morgan fingerprint density at radius 3 is 1.74 bits per heavy atom. The maximum absolute atomic E-state index is 12.5. The van der Waals surface area contributed by atoms with Gasteiger partial charge in [0.05, 0.1) is 46.2 Å². The molecule has 3 rings (SSSR count). The van der Waals surface area contributed by atoms with Crippen molar-refractivity contribution in [3.8, 4) is 11.1 Å². The van der Waals surface area contributed by atoms with E-state index in [0.29, 0.717) is 59.4 Å². The van der Waals surface area contributed by atoms with Crippen LogP contribution in [0.15, 0.2) is 48.5 Å². The van der Waals surface area contributed by atoms with Gasteiger partial charge < -0.3 is 28.6 Å². The van der Waals surface area contributed by atoms with E-state index in [2.05, 4.69) is 31.2 Å². The molecule has 0 spiro atoms. The van der Waals surface area contributed by atoms with Gasteiger partial charge in [-0.1, -0.05) is 55.5 Å². The molecule has 2 aromatic carbocycles. The van der Waals surface area contributed by atoms with Crippen LogP contribution in [0, 0.1) is 0 Å². The van der Waals surface area contributed by atoms with Gasteiger partial charge in [0.25, 0.3) is 0 Å². The summed E-state index contributed by atoms with van der Waals surface area (Å²) in [4.78, 5) is 14.0. The van der Waals surface area contributed by atoms with E-state index in [1.165, 1.54) is 22.3 Å². The highest BCUT2D eigenvalue weighted by molar-refractivity contribution is 5.79. The maximum atomic E-state index is 12.5. The first-order chi connectivity index (χ1) is 16.7. The number of hydrogen-bond acceptors (Lipinski definition) is 6. The van der Waals surface area contributed by atoms with Crippen LogP contribution in [0.5, 0.6) is 0 Å². The molecule has 7 nitrogen and oxygen atoms in total. The average Bonchev–Trinajstić information content (AvgIpc) is 3.19. The molecule has 7 heteroatoms. The third-order valence-electron chi connectivity index (χ3n) is 5.68. The van der Waals surface area contributed by atoms with Crippen molar-refractivity contribution in [1.29, 1.82) is 0 Å². The normalized spacial score (nSPS) is 12.4.